The molecule has 0 aliphatic carbocycles. The average molecular weight is 205 g/mol. The highest BCUT2D eigenvalue weighted by molar-refractivity contribution is 7.71. The van der Waals surface area contributed by atoms with Crippen molar-refractivity contribution in [1.29, 1.82) is 0 Å². The lowest BCUT2D eigenvalue weighted by molar-refractivity contribution is 0.902. The third-order valence-electron chi connectivity index (χ3n) is 2.16. The third-order valence-corrected chi connectivity index (χ3v) is 2.52. The van der Waals surface area contributed by atoms with Crippen molar-refractivity contribution in [2.24, 2.45) is 7.05 Å². The van der Waals surface area contributed by atoms with E-state index in [2.05, 4.69) is 29.3 Å². The summed E-state index contributed by atoms with van der Waals surface area (Å²) in [5.41, 5.74) is 2.30. The van der Waals surface area contributed by atoms with E-state index < -0.39 is 0 Å². The SMILES string of the molecule is Cc1cccc(-c2n[nH]c(=S)n2C)c1. The molecule has 2 rings (SSSR count). The van der Waals surface area contributed by atoms with E-state index in [9.17, 15) is 0 Å². The van der Waals surface area contributed by atoms with Crippen LogP contribution in [0.3, 0.4) is 0 Å². The van der Waals surface area contributed by atoms with Crippen LogP contribution >= 0.6 is 12.2 Å². The van der Waals surface area contributed by atoms with Gasteiger partial charge in [0.05, 0.1) is 0 Å². The van der Waals surface area contributed by atoms with Crippen molar-refractivity contribution in [3.8, 4) is 11.4 Å². The maximum absolute atomic E-state index is 5.05. The molecule has 1 aromatic heterocycles. The summed E-state index contributed by atoms with van der Waals surface area (Å²) in [7, 11) is 1.91. The fraction of sp³-hybridized carbons (Fsp3) is 0.200. The zero-order valence-corrected chi connectivity index (χ0v) is 8.93. The minimum Gasteiger partial charge on any atom is -0.303 e. The maximum atomic E-state index is 5.05. The van der Waals surface area contributed by atoms with Crippen molar-refractivity contribution in [1.82, 2.24) is 14.8 Å². The van der Waals surface area contributed by atoms with Gasteiger partial charge >= 0.3 is 0 Å². The Kier molecular flexibility index (Phi) is 2.21. The Hall–Kier alpha value is -1.42. The predicted octanol–water partition coefficient (Wildman–Crippen LogP) is 2.45. The van der Waals surface area contributed by atoms with Crippen molar-refractivity contribution in [2.45, 2.75) is 6.92 Å². The second kappa shape index (κ2) is 3.38. The van der Waals surface area contributed by atoms with Crippen molar-refractivity contribution < 1.29 is 0 Å². The Balaban J connectivity index is 2.60. The van der Waals surface area contributed by atoms with Crippen molar-refractivity contribution in [2.75, 3.05) is 0 Å². The molecule has 0 bridgehead atoms. The molecule has 0 unspecified atom stereocenters. The van der Waals surface area contributed by atoms with E-state index in [4.69, 9.17) is 12.2 Å². The Morgan fingerprint density at radius 3 is 2.79 bits per heavy atom. The van der Waals surface area contributed by atoms with Gasteiger partial charge in [0.15, 0.2) is 10.6 Å². The normalized spacial score (nSPS) is 10.4. The molecule has 0 amide bonds. The monoisotopic (exact) mass is 205 g/mol. The van der Waals surface area contributed by atoms with Crippen LogP contribution in [-0.4, -0.2) is 14.8 Å². The first-order chi connectivity index (χ1) is 6.68. The van der Waals surface area contributed by atoms with Crippen LogP contribution in [0.5, 0.6) is 0 Å². The molecule has 0 atom stereocenters. The molecule has 14 heavy (non-hydrogen) atoms. The molecule has 1 heterocycles. The first kappa shape index (κ1) is 9.15. The predicted molar refractivity (Wildman–Crippen MR) is 58.6 cm³/mol. The molecule has 0 saturated carbocycles. The molecule has 4 heteroatoms. The van der Waals surface area contributed by atoms with Crippen molar-refractivity contribution in [3.05, 3.63) is 34.6 Å². The van der Waals surface area contributed by atoms with Crippen LogP contribution in [-0.2, 0) is 7.05 Å². The first-order valence-corrected chi connectivity index (χ1v) is 4.78. The standard InChI is InChI=1S/C10H11N3S/c1-7-4-3-5-8(6-7)9-11-12-10(14)13(9)2/h3-6H,1-2H3,(H,12,14). The lowest BCUT2D eigenvalue weighted by Crippen LogP contribution is -1.92. The molecule has 0 fully saturated rings. The van der Waals surface area contributed by atoms with Crippen LogP contribution in [0.1, 0.15) is 5.56 Å². The Bertz CT molecular complexity index is 510. The topological polar surface area (TPSA) is 33.6 Å². The average Bonchev–Trinajstić information content (AvgIpc) is 2.48. The number of aryl methyl sites for hydroxylation is 1. The molecule has 1 aromatic carbocycles. The van der Waals surface area contributed by atoms with Gasteiger partial charge in [0.1, 0.15) is 0 Å². The molecule has 0 spiro atoms. The van der Waals surface area contributed by atoms with Crippen LogP contribution < -0.4 is 0 Å². The van der Waals surface area contributed by atoms with Gasteiger partial charge in [-0.05, 0) is 25.2 Å². The van der Waals surface area contributed by atoms with Gasteiger partial charge in [-0.3, -0.25) is 5.10 Å². The summed E-state index contributed by atoms with van der Waals surface area (Å²) in [4.78, 5) is 0. The number of aromatic nitrogens is 3. The van der Waals surface area contributed by atoms with Crippen LogP contribution in [0.15, 0.2) is 24.3 Å². The zero-order valence-electron chi connectivity index (χ0n) is 8.11. The second-order valence-electron chi connectivity index (χ2n) is 3.28. The molecular weight excluding hydrogens is 194 g/mol. The minimum absolute atomic E-state index is 0.640. The van der Waals surface area contributed by atoms with Crippen LogP contribution in [0.2, 0.25) is 0 Å². The minimum atomic E-state index is 0.640. The third kappa shape index (κ3) is 1.48. The number of nitrogens with zero attached hydrogens (tertiary/aromatic N) is 2. The van der Waals surface area contributed by atoms with Gasteiger partial charge in [0.25, 0.3) is 0 Å². The second-order valence-corrected chi connectivity index (χ2v) is 3.67. The number of H-pyrrole nitrogens is 1. The lowest BCUT2D eigenvalue weighted by atomic mass is 10.1. The van der Waals surface area contributed by atoms with Gasteiger partial charge in [0, 0.05) is 12.6 Å². The Labute approximate surface area is 87.4 Å². The molecule has 1 N–H and O–H groups in total. The molecule has 0 saturated heterocycles. The number of nitrogens with one attached hydrogen (secondary N) is 1. The van der Waals surface area contributed by atoms with Gasteiger partial charge in [-0.2, -0.15) is 5.10 Å². The fourth-order valence-electron chi connectivity index (χ4n) is 1.39. The largest absolute Gasteiger partial charge is 0.303 e. The molecule has 0 radical (unpaired) electrons. The van der Waals surface area contributed by atoms with E-state index in [1.807, 2.05) is 23.7 Å². The quantitative estimate of drug-likeness (QED) is 0.725. The molecule has 0 aliphatic rings. The van der Waals surface area contributed by atoms with Gasteiger partial charge in [-0.25, -0.2) is 0 Å². The summed E-state index contributed by atoms with van der Waals surface area (Å²) in [5.74, 6) is 0.874. The van der Waals surface area contributed by atoms with Gasteiger partial charge in [-0.15, -0.1) is 0 Å². The number of rotatable bonds is 1. The first-order valence-electron chi connectivity index (χ1n) is 4.37. The zero-order chi connectivity index (χ0) is 10.1. The number of aromatic amines is 1. The van der Waals surface area contributed by atoms with E-state index in [1.54, 1.807) is 0 Å². The number of hydrogen-bond donors (Lipinski definition) is 1. The highest BCUT2D eigenvalue weighted by Gasteiger charge is 2.04. The van der Waals surface area contributed by atoms with E-state index in [-0.39, 0.29) is 0 Å². The van der Waals surface area contributed by atoms with Gasteiger partial charge in [-0.1, -0.05) is 23.8 Å². The van der Waals surface area contributed by atoms with Crippen molar-refractivity contribution in [3.63, 3.8) is 0 Å². The summed E-state index contributed by atoms with van der Waals surface area (Å²) in [6.07, 6.45) is 0. The molecule has 72 valence electrons. The van der Waals surface area contributed by atoms with E-state index in [1.165, 1.54) is 5.56 Å². The number of hydrogen-bond acceptors (Lipinski definition) is 2. The summed E-state index contributed by atoms with van der Waals surface area (Å²) in [6.45, 7) is 2.06. The van der Waals surface area contributed by atoms with Gasteiger partial charge < -0.3 is 4.57 Å². The summed E-state index contributed by atoms with van der Waals surface area (Å²) in [5, 5.41) is 6.94. The highest BCUT2D eigenvalue weighted by atomic mass is 32.1. The molecule has 0 aliphatic heterocycles. The number of benzene rings is 1. The molecule has 2 aromatic rings. The Morgan fingerprint density at radius 2 is 2.21 bits per heavy atom. The maximum Gasteiger partial charge on any atom is 0.195 e. The van der Waals surface area contributed by atoms with E-state index in [0.717, 1.165) is 11.4 Å². The van der Waals surface area contributed by atoms with E-state index >= 15 is 0 Å². The van der Waals surface area contributed by atoms with Crippen LogP contribution in [0.4, 0.5) is 0 Å². The summed E-state index contributed by atoms with van der Waals surface area (Å²) in [6, 6.07) is 8.19. The smallest absolute Gasteiger partial charge is 0.195 e. The van der Waals surface area contributed by atoms with Crippen LogP contribution in [0, 0.1) is 11.7 Å². The Morgan fingerprint density at radius 1 is 1.43 bits per heavy atom. The van der Waals surface area contributed by atoms with E-state index in [0.29, 0.717) is 4.77 Å². The molecular formula is C10H11N3S. The van der Waals surface area contributed by atoms with Crippen LogP contribution in [0.25, 0.3) is 11.4 Å². The van der Waals surface area contributed by atoms with Gasteiger partial charge in [0.2, 0.25) is 0 Å². The highest BCUT2D eigenvalue weighted by Crippen LogP contribution is 2.16. The summed E-state index contributed by atoms with van der Waals surface area (Å²) < 4.78 is 2.51. The van der Waals surface area contributed by atoms with Crippen molar-refractivity contribution >= 4 is 12.2 Å². The lowest BCUT2D eigenvalue weighted by Gasteiger charge is -2.00. The fourth-order valence-corrected chi connectivity index (χ4v) is 1.52. The summed E-state index contributed by atoms with van der Waals surface area (Å²) >= 11 is 5.05. The molecule has 3 nitrogen and oxygen atoms in total.